The summed E-state index contributed by atoms with van der Waals surface area (Å²) in [7, 11) is 0. The second-order valence-electron chi connectivity index (χ2n) is 6.15. The summed E-state index contributed by atoms with van der Waals surface area (Å²) in [6, 6.07) is 11.9. The maximum absolute atomic E-state index is 12.7. The van der Waals surface area contributed by atoms with Gasteiger partial charge in [0.05, 0.1) is 5.97 Å². The number of hydrogen-bond donors (Lipinski definition) is 0. The van der Waals surface area contributed by atoms with Gasteiger partial charge in [-0.2, -0.15) is 0 Å². The maximum atomic E-state index is 12.7. The number of nitrogens with zero attached hydrogens (tertiary/aromatic N) is 2. The Morgan fingerprint density at radius 3 is 2.31 bits per heavy atom. The Morgan fingerprint density at radius 2 is 1.58 bits per heavy atom. The molecule has 0 aromatic heterocycles. The van der Waals surface area contributed by atoms with Gasteiger partial charge in [0, 0.05) is 49.1 Å². The van der Waals surface area contributed by atoms with Crippen molar-refractivity contribution < 1.29 is 24.2 Å². The third-order valence-electron chi connectivity index (χ3n) is 4.67. The number of piperazine rings is 1. The largest absolute Gasteiger partial charge is 0.545 e. The number of hydrogen-bond acceptors (Lipinski definition) is 6. The number of carboxylic acid groups (broad SMARTS) is 1. The van der Waals surface area contributed by atoms with Crippen molar-refractivity contribution in [3.63, 3.8) is 0 Å². The van der Waals surface area contributed by atoms with Crippen LogP contribution < -0.4 is 19.5 Å². The molecule has 1 amide bonds. The van der Waals surface area contributed by atoms with Crippen molar-refractivity contribution in [3.05, 3.63) is 53.6 Å². The van der Waals surface area contributed by atoms with Crippen LogP contribution in [0.1, 0.15) is 20.7 Å². The van der Waals surface area contributed by atoms with Crippen LogP contribution in [0.3, 0.4) is 0 Å². The van der Waals surface area contributed by atoms with Gasteiger partial charge in [0.25, 0.3) is 5.91 Å². The molecular weight excluding hydrogens is 336 g/mol. The molecule has 2 aliphatic rings. The van der Waals surface area contributed by atoms with Gasteiger partial charge in [-0.05, 0) is 18.2 Å². The lowest BCUT2D eigenvalue weighted by Gasteiger charge is -2.36. The van der Waals surface area contributed by atoms with E-state index in [1.165, 1.54) is 12.1 Å². The molecule has 0 aliphatic carbocycles. The Morgan fingerprint density at radius 1 is 0.885 bits per heavy atom. The molecule has 7 nitrogen and oxygen atoms in total. The second-order valence-corrected chi connectivity index (χ2v) is 6.15. The van der Waals surface area contributed by atoms with Gasteiger partial charge < -0.3 is 29.2 Å². The van der Waals surface area contributed by atoms with Crippen molar-refractivity contribution in [3.8, 4) is 11.5 Å². The lowest BCUT2D eigenvalue weighted by molar-refractivity contribution is -0.255. The van der Waals surface area contributed by atoms with Crippen molar-refractivity contribution in [2.45, 2.75) is 0 Å². The zero-order valence-corrected chi connectivity index (χ0v) is 14.0. The van der Waals surface area contributed by atoms with Crippen LogP contribution in [0.5, 0.6) is 11.5 Å². The van der Waals surface area contributed by atoms with E-state index in [4.69, 9.17) is 9.47 Å². The molecule has 1 fully saturated rings. The van der Waals surface area contributed by atoms with E-state index in [0.29, 0.717) is 26.2 Å². The average molecular weight is 353 g/mol. The maximum Gasteiger partial charge on any atom is 0.254 e. The molecule has 2 aromatic carbocycles. The molecule has 0 radical (unpaired) electrons. The minimum absolute atomic E-state index is 0.0734. The lowest BCUT2D eigenvalue weighted by atomic mass is 10.1. The first-order valence-electron chi connectivity index (χ1n) is 8.38. The van der Waals surface area contributed by atoms with Gasteiger partial charge >= 0.3 is 0 Å². The first-order valence-corrected chi connectivity index (χ1v) is 8.38. The zero-order chi connectivity index (χ0) is 18.1. The topological polar surface area (TPSA) is 82.1 Å². The van der Waals surface area contributed by atoms with Crippen LogP contribution in [-0.4, -0.2) is 49.7 Å². The number of carboxylic acids is 1. The Kier molecular flexibility index (Phi) is 4.12. The summed E-state index contributed by atoms with van der Waals surface area (Å²) < 4.78 is 10.7. The van der Waals surface area contributed by atoms with Gasteiger partial charge in [-0.1, -0.05) is 18.2 Å². The van der Waals surface area contributed by atoms with E-state index < -0.39 is 5.97 Å². The summed E-state index contributed by atoms with van der Waals surface area (Å²) in [6.45, 7) is 2.56. The first kappa shape index (κ1) is 16.3. The van der Waals surface area contributed by atoms with Crippen LogP contribution in [-0.2, 0) is 0 Å². The van der Waals surface area contributed by atoms with Crippen LogP contribution >= 0.6 is 0 Å². The average Bonchev–Trinajstić information content (AvgIpc) is 3.15. The molecule has 7 heteroatoms. The number of rotatable bonds is 3. The molecule has 2 aliphatic heterocycles. The summed E-state index contributed by atoms with van der Waals surface area (Å²) in [5.74, 6) is -0.159. The van der Waals surface area contributed by atoms with Crippen LogP contribution in [0.2, 0.25) is 0 Å². The third kappa shape index (κ3) is 2.92. The summed E-state index contributed by atoms with van der Waals surface area (Å²) in [5, 5.41) is 11.2. The lowest BCUT2D eigenvalue weighted by Crippen LogP contribution is -2.49. The van der Waals surface area contributed by atoms with E-state index in [9.17, 15) is 14.7 Å². The first-order chi connectivity index (χ1) is 12.6. The molecule has 4 rings (SSSR count). The van der Waals surface area contributed by atoms with E-state index >= 15 is 0 Å². The van der Waals surface area contributed by atoms with Crippen LogP contribution in [0, 0.1) is 0 Å². The zero-order valence-electron chi connectivity index (χ0n) is 14.0. The molecule has 1 saturated heterocycles. The Labute approximate surface area is 150 Å². The van der Waals surface area contributed by atoms with E-state index in [2.05, 4.69) is 4.90 Å². The quantitative estimate of drug-likeness (QED) is 0.810. The van der Waals surface area contributed by atoms with E-state index in [1.807, 2.05) is 18.2 Å². The summed E-state index contributed by atoms with van der Waals surface area (Å²) in [4.78, 5) is 27.8. The molecule has 0 saturated carbocycles. The van der Waals surface area contributed by atoms with Crippen molar-refractivity contribution in [2.24, 2.45) is 0 Å². The highest BCUT2D eigenvalue weighted by Crippen LogP contribution is 2.35. The van der Waals surface area contributed by atoms with E-state index in [0.717, 1.165) is 17.2 Å². The molecule has 2 aromatic rings. The third-order valence-corrected chi connectivity index (χ3v) is 4.67. The number of carbonyl (C=O) groups is 2. The number of anilines is 1. The smallest absolute Gasteiger partial charge is 0.254 e. The SMILES string of the molecule is O=C([O-])c1ccccc1C(=O)N1CCN(c2ccc3c(c2)OCO3)CC1. The minimum atomic E-state index is -1.34. The molecule has 0 spiro atoms. The number of fused-ring (bicyclic) bond motifs is 1. The van der Waals surface area contributed by atoms with Crippen molar-refractivity contribution in [1.82, 2.24) is 4.90 Å². The normalized spacial score (nSPS) is 15.8. The molecular formula is C19H17N2O5-. The Bertz CT molecular complexity index is 859. The Hall–Kier alpha value is -3.22. The van der Waals surface area contributed by atoms with Crippen molar-refractivity contribution in [1.29, 1.82) is 0 Å². The fourth-order valence-corrected chi connectivity index (χ4v) is 3.27. The van der Waals surface area contributed by atoms with E-state index in [1.54, 1.807) is 17.0 Å². The highest BCUT2D eigenvalue weighted by atomic mass is 16.7. The van der Waals surface area contributed by atoms with Gasteiger partial charge in [-0.15, -0.1) is 0 Å². The predicted molar refractivity (Wildman–Crippen MR) is 91.5 cm³/mol. The molecule has 0 bridgehead atoms. The van der Waals surface area contributed by atoms with Crippen LogP contribution in [0.15, 0.2) is 42.5 Å². The van der Waals surface area contributed by atoms with Gasteiger partial charge in [0.15, 0.2) is 11.5 Å². The van der Waals surface area contributed by atoms with Crippen LogP contribution in [0.4, 0.5) is 5.69 Å². The number of aromatic carboxylic acids is 1. The summed E-state index contributed by atoms with van der Waals surface area (Å²) >= 11 is 0. The molecule has 2 heterocycles. The van der Waals surface area contributed by atoms with Gasteiger partial charge in [0.2, 0.25) is 6.79 Å². The Balaban J connectivity index is 1.45. The predicted octanol–water partition coefficient (Wildman–Crippen LogP) is 0.741. The number of amides is 1. The monoisotopic (exact) mass is 353 g/mol. The standard InChI is InChI=1S/C19H18N2O5/c22-18(14-3-1-2-4-15(14)19(23)24)21-9-7-20(8-10-21)13-5-6-16-17(11-13)26-12-25-16/h1-6,11H,7-10,12H2,(H,23,24)/p-1. The van der Waals surface area contributed by atoms with Gasteiger partial charge in [-0.25, -0.2) is 0 Å². The number of carbonyl (C=O) groups excluding carboxylic acids is 2. The van der Waals surface area contributed by atoms with Gasteiger partial charge in [0.1, 0.15) is 0 Å². The van der Waals surface area contributed by atoms with Crippen LogP contribution in [0.25, 0.3) is 0 Å². The molecule has 0 N–H and O–H groups in total. The van der Waals surface area contributed by atoms with E-state index in [-0.39, 0.29) is 23.8 Å². The second kappa shape index (κ2) is 6.59. The molecule has 0 atom stereocenters. The fourth-order valence-electron chi connectivity index (χ4n) is 3.27. The highest BCUT2D eigenvalue weighted by Gasteiger charge is 2.25. The number of benzene rings is 2. The molecule has 134 valence electrons. The number of ether oxygens (including phenoxy) is 2. The molecule has 26 heavy (non-hydrogen) atoms. The minimum Gasteiger partial charge on any atom is -0.545 e. The summed E-state index contributed by atoms with van der Waals surface area (Å²) in [6.07, 6.45) is 0. The van der Waals surface area contributed by atoms with Crippen molar-refractivity contribution in [2.75, 3.05) is 37.9 Å². The highest BCUT2D eigenvalue weighted by molar-refractivity contribution is 6.04. The molecule has 0 unspecified atom stereocenters. The van der Waals surface area contributed by atoms with Crippen molar-refractivity contribution >= 4 is 17.6 Å². The summed E-state index contributed by atoms with van der Waals surface area (Å²) in [5.41, 5.74) is 1.11. The fraction of sp³-hybridized carbons (Fsp3) is 0.263. The van der Waals surface area contributed by atoms with Gasteiger partial charge in [-0.3, -0.25) is 4.79 Å².